The van der Waals surface area contributed by atoms with Gasteiger partial charge in [0, 0.05) is 22.7 Å². The highest BCUT2D eigenvalue weighted by atomic mass is 16.5. The second-order valence-corrected chi connectivity index (χ2v) is 3.46. The maximum absolute atomic E-state index is 11.5. The van der Waals surface area contributed by atoms with Crippen LogP contribution in [0.5, 0.6) is 0 Å². The predicted octanol–water partition coefficient (Wildman–Crippen LogP) is 1.26. The van der Waals surface area contributed by atoms with E-state index in [1.54, 1.807) is 6.20 Å². The third-order valence-electron chi connectivity index (χ3n) is 2.42. The van der Waals surface area contributed by atoms with Crippen LogP contribution in [0, 0.1) is 11.8 Å². The van der Waals surface area contributed by atoms with E-state index in [1.165, 1.54) is 7.11 Å². The number of nitrogens with two attached hydrogens (primary N) is 1. The molecule has 0 bridgehead atoms. The van der Waals surface area contributed by atoms with Gasteiger partial charge in [0.25, 0.3) is 0 Å². The number of rotatable bonds is 1. The monoisotopic (exact) mass is 228 g/mol. The van der Waals surface area contributed by atoms with Gasteiger partial charge >= 0.3 is 5.97 Å². The Labute approximate surface area is 98.8 Å². The molecule has 86 valence electrons. The number of hydrogen-bond acceptors (Lipinski definition) is 3. The van der Waals surface area contributed by atoms with Gasteiger partial charge < -0.3 is 15.5 Å². The standard InChI is InChI=1S/C13H12N2O2/c1-17-13(16)11-8-15-12-5-4-9(3-2-6-14)7-10(11)12/h4-5,7-8,15H,6,14H2,1H3. The molecule has 2 rings (SSSR count). The number of aromatic nitrogens is 1. The first kappa shape index (κ1) is 11.2. The molecule has 4 nitrogen and oxygen atoms in total. The Morgan fingerprint density at radius 3 is 3.06 bits per heavy atom. The van der Waals surface area contributed by atoms with Crippen molar-refractivity contribution < 1.29 is 9.53 Å². The van der Waals surface area contributed by atoms with E-state index in [4.69, 9.17) is 10.5 Å². The average Bonchev–Trinajstić information content (AvgIpc) is 2.78. The van der Waals surface area contributed by atoms with Crippen molar-refractivity contribution in [1.82, 2.24) is 4.98 Å². The lowest BCUT2D eigenvalue weighted by molar-refractivity contribution is 0.0603. The van der Waals surface area contributed by atoms with Gasteiger partial charge in [-0.15, -0.1) is 0 Å². The smallest absolute Gasteiger partial charge is 0.340 e. The molecule has 1 heterocycles. The van der Waals surface area contributed by atoms with Gasteiger partial charge in [-0.2, -0.15) is 0 Å². The Kier molecular flexibility index (Phi) is 3.12. The molecule has 0 aliphatic carbocycles. The van der Waals surface area contributed by atoms with Crippen molar-refractivity contribution in [2.24, 2.45) is 5.73 Å². The molecule has 0 aliphatic rings. The van der Waals surface area contributed by atoms with Gasteiger partial charge in [-0.1, -0.05) is 11.8 Å². The molecule has 0 spiro atoms. The Morgan fingerprint density at radius 1 is 1.53 bits per heavy atom. The summed E-state index contributed by atoms with van der Waals surface area (Å²) in [5.41, 5.74) is 7.53. The zero-order chi connectivity index (χ0) is 12.3. The summed E-state index contributed by atoms with van der Waals surface area (Å²) in [6.07, 6.45) is 1.64. The zero-order valence-corrected chi connectivity index (χ0v) is 9.41. The molecule has 0 amide bonds. The highest BCUT2D eigenvalue weighted by Gasteiger charge is 2.11. The van der Waals surface area contributed by atoms with Crippen LogP contribution in [-0.2, 0) is 4.74 Å². The fraction of sp³-hybridized carbons (Fsp3) is 0.154. The first-order valence-electron chi connectivity index (χ1n) is 5.14. The van der Waals surface area contributed by atoms with Crippen molar-refractivity contribution in [3.05, 3.63) is 35.5 Å². The van der Waals surface area contributed by atoms with Gasteiger partial charge in [-0.3, -0.25) is 0 Å². The first-order valence-corrected chi connectivity index (χ1v) is 5.14. The number of fused-ring (bicyclic) bond motifs is 1. The molecule has 0 radical (unpaired) electrons. The van der Waals surface area contributed by atoms with Crippen LogP contribution in [0.3, 0.4) is 0 Å². The van der Waals surface area contributed by atoms with Crippen LogP contribution < -0.4 is 5.73 Å². The Bertz CT molecular complexity index is 617. The summed E-state index contributed by atoms with van der Waals surface area (Å²) in [6, 6.07) is 5.60. The Balaban J connectivity index is 2.54. The summed E-state index contributed by atoms with van der Waals surface area (Å²) in [7, 11) is 1.36. The van der Waals surface area contributed by atoms with E-state index in [-0.39, 0.29) is 5.97 Å². The number of hydrogen-bond donors (Lipinski definition) is 2. The minimum atomic E-state index is -0.361. The second-order valence-electron chi connectivity index (χ2n) is 3.46. The number of carbonyl (C=O) groups is 1. The molecule has 4 heteroatoms. The highest BCUT2D eigenvalue weighted by Crippen LogP contribution is 2.20. The molecular formula is C13H12N2O2. The van der Waals surface area contributed by atoms with Crippen LogP contribution in [-0.4, -0.2) is 24.6 Å². The molecule has 1 aromatic heterocycles. The number of benzene rings is 1. The number of nitrogens with one attached hydrogen (secondary N) is 1. The lowest BCUT2D eigenvalue weighted by atomic mass is 10.1. The fourth-order valence-electron chi connectivity index (χ4n) is 1.63. The maximum Gasteiger partial charge on any atom is 0.340 e. The molecule has 17 heavy (non-hydrogen) atoms. The lowest BCUT2D eigenvalue weighted by Gasteiger charge is -1.97. The van der Waals surface area contributed by atoms with Crippen LogP contribution >= 0.6 is 0 Å². The van der Waals surface area contributed by atoms with E-state index in [0.29, 0.717) is 12.1 Å². The molecule has 0 saturated carbocycles. The number of H-pyrrole nitrogens is 1. The number of methoxy groups -OCH3 is 1. The second kappa shape index (κ2) is 4.73. The van der Waals surface area contributed by atoms with E-state index in [2.05, 4.69) is 16.8 Å². The van der Waals surface area contributed by atoms with Crippen molar-refractivity contribution in [3.63, 3.8) is 0 Å². The van der Waals surface area contributed by atoms with E-state index in [9.17, 15) is 4.79 Å². The minimum absolute atomic E-state index is 0.315. The third-order valence-corrected chi connectivity index (χ3v) is 2.42. The summed E-state index contributed by atoms with van der Waals surface area (Å²) in [6.45, 7) is 0.315. The first-order chi connectivity index (χ1) is 8.26. The van der Waals surface area contributed by atoms with Crippen LogP contribution in [0.2, 0.25) is 0 Å². The van der Waals surface area contributed by atoms with E-state index < -0.39 is 0 Å². The molecule has 0 fully saturated rings. The summed E-state index contributed by atoms with van der Waals surface area (Å²) in [5, 5.41) is 0.806. The predicted molar refractivity (Wildman–Crippen MR) is 65.6 cm³/mol. The topological polar surface area (TPSA) is 68.1 Å². The normalized spacial score (nSPS) is 9.76. The van der Waals surface area contributed by atoms with Gasteiger partial charge in [0.15, 0.2) is 0 Å². The summed E-state index contributed by atoms with van der Waals surface area (Å²) < 4.78 is 4.71. The van der Waals surface area contributed by atoms with Gasteiger partial charge in [0.1, 0.15) is 0 Å². The quantitative estimate of drug-likeness (QED) is 0.570. The SMILES string of the molecule is COC(=O)c1c[nH]c2ccc(C#CCN)cc12. The molecule has 2 aromatic rings. The number of carbonyl (C=O) groups excluding carboxylic acids is 1. The Morgan fingerprint density at radius 2 is 2.35 bits per heavy atom. The molecule has 1 aromatic carbocycles. The molecular weight excluding hydrogens is 216 g/mol. The van der Waals surface area contributed by atoms with Crippen molar-refractivity contribution in [2.75, 3.05) is 13.7 Å². The largest absolute Gasteiger partial charge is 0.465 e. The van der Waals surface area contributed by atoms with Crippen LogP contribution in [0.4, 0.5) is 0 Å². The summed E-state index contributed by atoms with van der Waals surface area (Å²) >= 11 is 0. The molecule has 0 unspecified atom stereocenters. The van der Waals surface area contributed by atoms with Gasteiger partial charge in [-0.05, 0) is 18.2 Å². The third kappa shape index (κ3) is 2.14. The van der Waals surface area contributed by atoms with Gasteiger partial charge in [-0.25, -0.2) is 4.79 Å². The van der Waals surface area contributed by atoms with Crippen LogP contribution in [0.1, 0.15) is 15.9 Å². The minimum Gasteiger partial charge on any atom is -0.465 e. The van der Waals surface area contributed by atoms with E-state index >= 15 is 0 Å². The van der Waals surface area contributed by atoms with Crippen molar-refractivity contribution in [1.29, 1.82) is 0 Å². The fourth-order valence-corrected chi connectivity index (χ4v) is 1.63. The summed E-state index contributed by atoms with van der Waals surface area (Å²) in [4.78, 5) is 14.5. The number of ether oxygens (including phenoxy) is 1. The van der Waals surface area contributed by atoms with Crippen LogP contribution in [0.25, 0.3) is 10.9 Å². The molecule has 3 N–H and O–H groups in total. The maximum atomic E-state index is 11.5. The van der Waals surface area contributed by atoms with Crippen molar-refractivity contribution >= 4 is 16.9 Å². The zero-order valence-electron chi connectivity index (χ0n) is 9.41. The number of esters is 1. The highest BCUT2D eigenvalue weighted by molar-refractivity contribution is 6.04. The van der Waals surface area contributed by atoms with E-state index in [1.807, 2.05) is 18.2 Å². The Hall–Kier alpha value is -2.25. The molecule has 0 saturated heterocycles. The van der Waals surface area contributed by atoms with Gasteiger partial charge in [0.2, 0.25) is 0 Å². The lowest BCUT2D eigenvalue weighted by Crippen LogP contribution is -1.99. The average molecular weight is 228 g/mol. The van der Waals surface area contributed by atoms with Crippen molar-refractivity contribution in [3.8, 4) is 11.8 Å². The van der Waals surface area contributed by atoms with Crippen LogP contribution in [0.15, 0.2) is 24.4 Å². The van der Waals surface area contributed by atoms with Gasteiger partial charge in [0.05, 0.1) is 19.2 Å². The van der Waals surface area contributed by atoms with E-state index in [0.717, 1.165) is 16.5 Å². The summed E-state index contributed by atoms with van der Waals surface area (Å²) in [5.74, 6) is 5.34. The molecule has 0 aliphatic heterocycles. The number of aromatic amines is 1. The van der Waals surface area contributed by atoms with Crippen molar-refractivity contribution in [2.45, 2.75) is 0 Å². The molecule has 0 atom stereocenters.